The molecule has 3 nitrogen and oxygen atoms in total. The molecule has 0 aliphatic heterocycles. The largest absolute Gasteiger partial charge is 0.364 e. The standard InChI is InChI=1S/C12H12IN3S/c13-10-6-14-7-16-12(10)15-5-9-4-8-2-1-3-11(8)17-9/h4,6-7H,1-3,5H2,(H,14,15,16). The number of rotatable bonds is 3. The van der Waals surface area contributed by atoms with E-state index in [-0.39, 0.29) is 0 Å². The van der Waals surface area contributed by atoms with Crippen LogP contribution >= 0.6 is 33.9 Å². The lowest BCUT2D eigenvalue weighted by atomic mass is 10.2. The third-order valence-electron chi connectivity index (χ3n) is 2.90. The summed E-state index contributed by atoms with van der Waals surface area (Å²) in [5.74, 6) is 0.925. The van der Waals surface area contributed by atoms with E-state index in [2.05, 4.69) is 43.9 Å². The Morgan fingerprint density at radius 2 is 2.35 bits per heavy atom. The van der Waals surface area contributed by atoms with Crippen molar-refractivity contribution in [3.05, 3.63) is 37.5 Å². The minimum absolute atomic E-state index is 0.866. The Kier molecular flexibility index (Phi) is 3.28. The zero-order chi connectivity index (χ0) is 11.7. The fourth-order valence-electron chi connectivity index (χ4n) is 2.09. The van der Waals surface area contributed by atoms with Gasteiger partial charge in [-0.05, 0) is 53.5 Å². The van der Waals surface area contributed by atoms with Crippen molar-refractivity contribution in [2.24, 2.45) is 0 Å². The Balaban J connectivity index is 1.70. The lowest BCUT2D eigenvalue weighted by Gasteiger charge is -2.04. The molecule has 0 fully saturated rings. The second kappa shape index (κ2) is 4.89. The molecule has 2 aromatic rings. The Hall–Kier alpha value is -0.690. The maximum Gasteiger partial charge on any atom is 0.143 e. The molecule has 0 amide bonds. The molecule has 0 spiro atoms. The highest BCUT2D eigenvalue weighted by atomic mass is 127. The van der Waals surface area contributed by atoms with Crippen LogP contribution in [0.15, 0.2) is 18.6 Å². The summed E-state index contributed by atoms with van der Waals surface area (Å²) in [5, 5.41) is 3.37. The van der Waals surface area contributed by atoms with E-state index < -0.39 is 0 Å². The van der Waals surface area contributed by atoms with Crippen LogP contribution in [0.2, 0.25) is 0 Å². The van der Waals surface area contributed by atoms with E-state index in [1.54, 1.807) is 16.8 Å². The summed E-state index contributed by atoms with van der Waals surface area (Å²) in [6, 6.07) is 2.34. The highest BCUT2D eigenvalue weighted by Gasteiger charge is 2.14. The van der Waals surface area contributed by atoms with Crippen LogP contribution in [0.5, 0.6) is 0 Å². The second-order valence-corrected chi connectivity index (χ2v) is 6.47. The van der Waals surface area contributed by atoms with Crippen LogP contribution in [0, 0.1) is 3.57 Å². The predicted molar refractivity (Wildman–Crippen MR) is 78.4 cm³/mol. The van der Waals surface area contributed by atoms with Gasteiger partial charge in [-0.25, -0.2) is 9.97 Å². The van der Waals surface area contributed by atoms with Gasteiger partial charge in [0.25, 0.3) is 0 Å². The Morgan fingerprint density at radius 3 is 3.18 bits per heavy atom. The number of nitrogens with one attached hydrogen (secondary N) is 1. The highest BCUT2D eigenvalue weighted by molar-refractivity contribution is 14.1. The van der Waals surface area contributed by atoms with Gasteiger partial charge in [-0.2, -0.15) is 0 Å². The van der Waals surface area contributed by atoms with Crippen molar-refractivity contribution in [1.82, 2.24) is 9.97 Å². The van der Waals surface area contributed by atoms with Crippen LogP contribution in [0.4, 0.5) is 5.82 Å². The normalized spacial score (nSPS) is 13.7. The van der Waals surface area contributed by atoms with Gasteiger partial charge >= 0.3 is 0 Å². The number of hydrogen-bond donors (Lipinski definition) is 1. The number of aryl methyl sites for hydroxylation is 2. The monoisotopic (exact) mass is 357 g/mol. The fraction of sp³-hybridized carbons (Fsp3) is 0.333. The first-order valence-electron chi connectivity index (χ1n) is 5.63. The maximum absolute atomic E-state index is 4.23. The fourth-order valence-corrected chi connectivity index (χ4v) is 3.78. The van der Waals surface area contributed by atoms with Crippen molar-refractivity contribution in [3.63, 3.8) is 0 Å². The number of nitrogens with zero attached hydrogens (tertiary/aromatic N) is 2. The number of aromatic nitrogens is 2. The smallest absolute Gasteiger partial charge is 0.143 e. The Bertz CT molecular complexity index is 517. The van der Waals surface area contributed by atoms with Crippen LogP contribution < -0.4 is 5.32 Å². The van der Waals surface area contributed by atoms with Crippen molar-refractivity contribution in [3.8, 4) is 0 Å². The molecule has 0 atom stereocenters. The molecule has 0 radical (unpaired) electrons. The van der Waals surface area contributed by atoms with Gasteiger partial charge in [0.2, 0.25) is 0 Å². The first-order chi connectivity index (χ1) is 8.33. The van der Waals surface area contributed by atoms with Crippen molar-refractivity contribution >= 4 is 39.7 Å². The summed E-state index contributed by atoms with van der Waals surface area (Å²) in [6.45, 7) is 0.866. The molecule has 1 aliphatic rings. The van der Waals surface area contributed by atoms with Crippen LogP contribution in [-0.2, 0) is 19.4 Å². The van der Waals surface area contributed by atoms with Gasteiger partial charge in [0.05, 0.1) is 10.1 Å². The van der Waals surface area contributed by atoms with Gasteiger partial charge in [0.1, 0.15) is 12.1 Å². The summed E-state index contributed by atoms with van der Waals surface area (Å²) in [6.07, 6.45) is 7.27. The molecular weight excluding hydrogens is 345 g/mol. The first kappa shape index (κ1) is 11.4. The summed E-state index contributed by atoms with van der Waals surface area (Å²) in [5.41, 5.74) is 1.56. The van der Waals surface area contributed by atoms with Gasteiger partial charge < -0.3 is 5.32 Å². The quantitative estimate of drug-likeness (QED) is 0.857. The molecule has 2 aromatic heterocycles. The minimum Gasteiger partial charge on any atom is -0.364 e. The minimum atomic E-state index is 0.866. The molecular formula is C12H12IN3S. The average molecular weight is 357 g/mol. The number of thiophene rings is 1. The zero-order valence-electron chi connectivity index (χ0n) is 9.24. The maximum atomic E-state index is 4.23. The third-order valence-corrected chi connectivity index (χ3v) is 4.92. The molecule has 3 rings (SSSR count). The summed E-state index contributed by atoms with van der Waals surface area (Å²) >= 11 is 4.19. The SMILES string of the molecule is Ic1cncnc1NCc1cc2c(s1)CCC2. The zero-order valence-corrected chi connectivity index (χ0v) is 12.2. The molecule has 1 N–H and O–H groups in total. The Morgan fingerprint density at radius 1 is 1.41 bits per heavy atom. The summed E-state index contributed by atoms with van der Waals surface area (Å²) in [4.78, 5) is 11.2. The van der Waals surface area contributed by atoms with Crippen LogP contribution in [0.3, 0.4) is 0 Å². The molecule has 0 aromatic carbocycles. The van der Waals surface area contributed by atoms with E-state index in [0.29, 0.717) is 0 Å². The second-order valence-electron chi connectivity index (χ2n) is 4.09. The topological polar surface area (TPSA) is 37.8 Å². The highest BCUT2D eigenvalue weighted by Crippen LogP contribution is 2.31. The molecule has 0 unspecified atom stereocenters. The van der Waals surface area contributed by atoms with Crippen molar-refractivity contribution in [2.75, 3.05) is 5.32 Å². The number of anilines is 1. The molecule has 5 heteroatoms. The van der Waals surface area contributed by atoms with Crippen molar-refractivity contribution in [2.45, 2.75) is 25.8 Å². The molecule has 88 valence electrons. The Labute approximate surface area is 118 Å². The molecule has 2 heterocycles. The number of fused-ring (bicyclic) bond motifs is 1. The van der Waals surface area contributed by atoms with E-state index in [1.165, 1.54) is 24.1 Å². The van der Waals surface area contributed by atoms with Crippen molar-refractivity contribution in [1.29, 1.82) is 0 Å². The lowest BCUT2D eigenvalue weighted by molar-refractivity contribution is 0.913. The van der Waals surface area contributed by atoms with E-state index in [4.69, 9.17) is 0 Å². The van der Waals surface area contributed by atoms with Crippen LogP contribution in [0.1, 0.15) is 21.7 Å². The molecule has 17 heavy (non-hydrogen) atoms. The van der Waals surface area contributed by atoms with E-state index in [9.17, 15) is 0 Å². The summed E-state index contributed by atoms with van der Waals surface area (Å²) < 4.78 is 1.06. The van der Waals surface area contributed by atoms with Crippen LogP contribution in [0.25, 0.3) is 0 Å². The molecule has 0 saturated heterocycles. The van der Waals surface area contributed by atoms with Gasteiger partial charge in [0.15, 0.2) is 0 Å². The van der Waals surface area contributed by atoms with E-state index in [1.807, 2.05) is 17.5 Å². The van der Waals surface area contributed by atoms with Gasteiger partial charge in [-0.3, -0.25) is 0 Å². The number of halogens is 1. The van der Waals surface area contributed by atoms with E-state index in [0.717, 1.165) is 15.9 Å². The molecule has 0 saturated carbocycles. The molecule has 1 aliphatic carbocycles. The predicted octanol–water partition coefficient (Wildman–Crippen LogP) is 3.24. The number of hydrogen-bond acceptors (Lipinski definition) is 4. The lowest BCUT2D eigenvalue weighted by Crippen LogP contribution is -2.02. The van der Waals surface area contributed by atoms with Gasteiger partial charge in [-0.1, -0.05) is 0 Å². The van der Waals surface area contributed by atoms with Crippen molar-refractivity contribution < 1.29 is 0 Å². The van der Waals surface area contributed by atoms with E-state index >= 15 is 0 Å². The van der Waals surface area contributed by atoms with Gasteiger partial charge in [-0.15, -0.1) is 11.3 Å². The van der Waals surface area contributed by atoms with Crippen LogP contribution in [-0.4, -0.2) is 9.97 Å². The average Bonchev–Trinajstić information content (AvgIpc) is 2.88. The first-order valence-corrected chi connectivity index (χ1v) is 7.52. The summed E-state index contributed by atoms with van der Waals surface area (Å²) in [7, 11) is 0. The molecule has 0 bridgehead atoms. The third kappa shape index (κ3) is 2.44. The van der Waals surface area contributed by atoms with Gasteiger partial charge in [0, 0.05) is 16.0 Å².